The van der Waals surface area contributed by atoms with Gasteiger partial charge in [-0.25, -0.2) is 0 Å². The first-order valence-electron chi connectivity index (χ1n) is 8.05. The molecule has 0 aliphatic heterocycles. The fourth-order valence-corrected chi connectivity index (χ4v) is 3.05. The highest BCUT2D eigenvalue weighted by molar-refractivity contribution is 9.10. The molecule has 0 bridgehead atoms. The molecule has 0 aliphatic rings. The van der Waals surface area contributed by atoms with E-state index in [-0.39, 0.29) is 36.8 Å². The predicted molar refractivity (Wildman–Crippen MR) is 106 cm³/mol. The predicted octanol–water partition coefficient (Wildman–Crippen LogP) is 3.87. The van der Waals surface area contributed by atoms with Gasteiger partial charge in [-0.2, -0.15) is 0 Å². The molecule has 1 atom stereocenters. The van der Waals surface area contributed by atoms with Crippen molar-refractivity contribution in [3.8, 4) is 0 Å². The van der Waals surface area contributed by atoms with Gasteiger partial charge in [-0.15, -0.1) is 11.6 Å². The zero-order valence-electron chi connectivity index (χ0n) is 14.3. The van der Waals surface area contributed by atoms with Gasteiger partial charge in [-0.05, 0) is 29.3 Å². The molecule has 1 unspecified atom stereocenters. The number of methoxy groups -OCH3 is 1. The largest absolute Gasteiger partial charge is 0.468 e. The van der Waals surface area contributed by atoms with Crippen LogP contribution in [0.25, 0.3) is 0 Å². The second-order valence-electron chi connectivity index (χ2n) is 5.52. The van der Waals surface area contributed by atoms with E-state index in [1.807, 2.05) is 48.5 Å². The van der Waals surface area contributed by atoms with Crippen LogP contribution in [0.2, 0.25) is 0 Å². The van der Waals surface area contributed by atoms with Gasteiger partial charge in [0.1, 0.15) is 0 Å². The molecule has 2 rings (SSSR count). The molecule has 2 aromatic rings. The number of amides is 1. The lowest BCUT2D eigenvalue weighted by atomic mass is 9.97. The van der Waals surface area contributed by atoms with E-state index in [1.165, 1.54) is 7.11 Å². The SMILES string of the molecule is COC(=O)CNC(c1ccccc1)c1cc(Br)ccc1NC(=O)CCCl. The van der Waals surface area contributed by atoms with Gasteiger partial charge in [-0.3, -0.25) is 14.9 Å². The summed E-state index contributed by atoms with van der Waals surface area (Å²) in [6.07, 6.45) is 0.225. The average molecular weight is 440 g/mol. The molecule has 0 heterocycles. The highest BCUT2D eigenvalue weighted by Gasteiger charge is 2.20. The lowest BCUT2D eigenvalue weighted by Crippen LogP contribution is -2.30. The highest BCUT2D eigenvalue weighted by atomic mass is 79.9. The van der Waals surface area contributed by atoms with E-state index in [4.69, 9.17) is 16.3 Å². The number of nitrogens with one attached hydrogen (secondary N) is 2. The van der Waals surface area contributed by atoms with E-state index >= 15 is 0 Å². The van der Waals surface area contributed by atoms with E-state index in [2.05, 4.69) is 26.6 Å². The van der Waals surface area contributed by atoms with E-state index in [1.54, 1.807) is 0 Å². The van der Waals surface area contributed by atoms with Crippen molar-refractivity contribution in [1.29, 1.82) is 0 Å². The number of hydrogen-bond donors (Lipinski definition) is 2. The zero-order chi connectivity index (χ0) is 18.9. The molecule has 0 saturated heterocycles. The molecular formula is C19H20BrClN2O3. The summed E-state index contributed by atoms with van der Waals surface area (Å²) < 4.78 is 5.59. The summed E-state index contributed by atoms with van der Waals surface area (Å²) in [6, 6.07) is 15.0. The van der Waals surface area contributed by atoms with Gasteiger partial charge in [0.25, 0.3) is 0 Å². The number of ether oxygens (including phenoxy) is 1. The third kappa shape index (κ3) is 5.83. The number of carbonyl (C=O) groups excluding carboxylic acids is 2. The number of hydrogen-bond acceptors (Lipinski definition) is 4. The standard InChI is InChI=1S/C19H20BrClN2O3/c1-26-18(25)12-22-19(13-5-3-2-4-6-13)15-11-14(20)7-8-16(15)23-17(24)9-10-21/h2-8,11,19,22H,9-10,12H2,1H3,(H,23,24). The van der Waals surface area contributed by atoms with Crippen LogP contribution < -0.4 is 10.6 Å². The number of rotatable bonds is 8. The Morgan fingerprint density at radius 1 is 1.19 bits per heavy atom. The molecule has 0 radical (unpaired) electrons. The Kier molecular flexibility index (Phi) is 8.09. The number of benzene rings is 2. The van der Waals surface area contributed by atoms with Crippen LogP contribution >= 0.6 is 27.5 Å². The molecule has 0 saturated carbocycles. The molecule has 2 N–H and O–H groups in total. The molecule has 0 fully saturated rings. The van der Waals surface area contributed by atoms with Crippen LogP contribution in [0.3, 0.4) is 0 Å². The molecule has 7 heteroatoms. The molecule has 26 heavy (non-hydrogen) atoms. The smallest absolute Gasteiger partial charge is 0.319 e. The molecule has 2 aromatic carbocycles. The maximum absolute atomic E-state index is 12.0. The summed E-state index contributed by atoms with van der Waals surface area (Å²) in [5.41, 5.74) is 2.45. The first-order chi connectivity index (χ1) is 12.5. The Hall–Kier alpha value is -1.89. The number of carbonyl (C=O) groups is 2. The molecular weight excluding hydrogens is 420 g/mol. The number of halogens is 2. The Balaban J connectivity index is 2.40. The van der Waals surface area contributed by atoms with Crippen molar-refractivity contribution in [2.75, 3.05) is 24.9 Å². The minimum atomic E-state index is -0.367. The van der Waals surface area contributed by atoms with E-state index in [9.17, 15) is 9.59 Å². The molecule has 0 spiro atoms. The second kappa shape index (κ2) is 10.3. The van der Waals surface area contributed by atoms with E-state index < -0.39 is 0 Å². The van der Waals surface area contributed by atoms with Crippen molar-refractivity contribution in [3.63, 3.8) is 0 Å². The Morgan fingerprint density at radius 2 is 1.92 bits per heavy atom. The first-order valence-corrected chi connectivity index (χ1v) is 9.38. The van der Waals surface area contributed by atoms with Gasteiger partial charge in [-0.1, -0.05) is 46.3 Å². The molecule has 0 aromatic heterocycles. The topological polar surface area (TPSA) is 67.4 Å². The van der Waals surface area contributed by atoms with Crippen LogP contribution in [0.4, 0.5) is 5.69 Å². The molecule has 138 valence electrons. The minimum absolute atomic E-state index is 0.0393. The van der Waals surface area contributed by atoms with Gasteiger partial charge in [0.15, 0.2) is 0 Å². The minimum Gasteiger partial charge on any atom is -0.468 e. The zero-order valence-corrected chi connectivity index (χ0v) is 16.6. The van der Waals surface area contributed by atoms with Crippen molar-refractivity contribution >= 4 is 45.1 Å². The second-order valence-corrected chi connectivity index (χ2v) is 6.81. The molecule has 5 nitrogen and oxygen atoms in total. The first kappa shape index (κ1) is 20.4. The number of anilines is 1. The van der Waals surface area contributed by atoms with Crippen LogP contribution in [-0.2, 0) is 14.3 Å². The molecule has 1 amide bonds. The van der Waals surface area contributed by atoms with Gasteiger partial charge in [0.2, 0.25) is 5.91 Å². The van der Waals surface area contributed by atoms with Crippen LogP contribution in [0.5, 0.6) is 0 Å². The van der Waals surface area contributed by atoms with Crippen LogP contribution in [0, 0.1) is 0 Å². The van der Waals surface area contributed by atoms with Crippen LogP contribution in [0.1, 0.15) is 23.6 Å². The Labute approximate surface area is 166 Å². The lowest BCUT2D eigenvalue weighted by molar-refractivity contribution is -0.139. The van der Waals surface area contributed by atoms with E-state index in [0.717, 1.165) is 15.6 Å². The van der Waals surface area contributed by atoms with Crippen molar-refractivity contribution in [1.82, 2.24) is 5.32 Å². The van der Waals surface area contributed by atoms with Crippen molar-refractivity contribution in [2.45, 2.75) is 12.5 Å². The summed E-state index contributed by atoms with van der Waals surface area (Å²) >= 11 is 9.13. The Morgan fingerprint density at radius 3 is 2.58 bits per heavy atom. The van der Waals surface area contributed by atoms with Gasteiger partial charge in [0, 0.05) is 22.5 Å². The monoisotopic (exact) mass is 438 g/mol. The summed E-state index contributed by atoms with van der Waals surface area (Å²) in [6.45, 7) is 0.0393. The van der Waals surface area contributed by atoms with Crippen molar-refractivity contribution in [2.24, 2.45) is 0 Å². The van der Waals surface area contributed by atoms with Crippen molar-refractivity contribution in [3.05, 3.63) is 64.1 Å². The third-order valence-electron chi connectivity index (χ3n) is 3.73. The summed E-state index contributed by atoms with van der Waals surface area (Å²) in [7, 11) is 1.35. The highest BCUT2D eigenvalue weighted by Crippen LogP contribution is 2.31. The average Bonchev–Trinajstić information content (AvgIpc) is 2.64. The fraction of sp³-hybridized carbons (Fsp3) is 0.263. The van der Waals surface area contributed by atoms with Gasteiger partial charge < -0.3 is 10.1 Å². The quantitative estimate of drug-likeness (QED) is 0.484. The van der Waals surface area contributed by atoms with Crippen molar-refractivity contribution < 1.29 is 14.3 Å². The number of esters is 1. The Bertz CT molecular complexity index is 756. The van der Waals surface area contributed by atoms with E-state index in [0.29, 0.717) is 5.69 Å². The van der Waals surface area contributed by atoms with Crippen LogP contribution in [0.15, 0.2) is 53.0 Å². The number of alkyl halides is 1. The molecule has 0 aliphatic carbocycles. The summed E-state index contributed by atoms with van der Waals surface area (Å²) in [4.78, 5) is 23.6. The summed E-state index contributed by atoms with van der Waals surface area (Å²) in [5, 5.41) is 6.09. The van der Waals surface area contributed by atoms with Crippen LogP contribution in [-0.4, -0.2) is 31.4 Å². The lowest BCUT2D eigenvalue weighted by Gasteiger charge is -2.23. The van der Waals surface area contributed by atoms with Gasteiger partial charge >= 0.3 is 5.97 Å². The fourth-order valence-electron chi connectivity index (χ4n) is 2.50. The van der Waals surface area contributed by atoms with Gasteiger partial charge in [0.05, 0.1) is 19.7 Å². The third-order valence-corrected chi connectivity index (χ3v) is 4.41. The normalized spacial score (nSPS) is 11.7. The maximum atomic E-state index is 12.0. The summed E-state index contributed by atoms with van der Waals surface area (Å²) in [5.74, 6) is -0.280. The maximum Gasteiger partial charge on any atom is 0.319 e.